The molecule has 0 spiro atoms. The molecule has 5 nitrogen and oxygen atoms in total. The van der Waals surface area contributed by atoms with Gasteiger partial charge >= 0.3 is 5.76 Å². The minimum Gasteiger partial charge on any atom is -0.408 e. The minimum absolute atomic E-state index is 0.364. The number of rotatable bonds is 3. The molecule has 0 aliphatic carbocycles. The van der Waals surface area contributed by atoms with Crippen molar-refractivity contribution in [3.05, 3.63) is 28.7 Å². The number of anilines is 1. The summed E-state index contributed by atoms with van der Waals surface area (Å²) in [4.78, 5) is 13.3. The highest BCUT2D eigenvalue weighted by atomic mass is 16.4. The first-order valence-corrected chi connectivity index (χ1v) is 5.31. The van der Waals surface area contributed by atoms with Crippen LogP contribution in [0.5, 0.6) is 0 Å². The highest BCUT2D eigenvalue weighted by molar-refractivity contribution is 5.77. The molecule has 0 aliphatic rings. The van der Waals surface area contributed by atoms with E-state index in [4.69, 9.17) is 9.68 Å². The minimum atomic E-state index is -0.364. The predicted molar refractivity (Wildman–Crippen MR) is 65.0 cm³/mol. The third-order valence-corrected chi connectivity index (χ3v) is 2.78. The molecule has 0 unspecified atom stereocenters. The van der Waals surface area contributed by atoms with Crippen LogP contribution >= 0.6 is 0 Å². The molecule has 0 radical (unpaired) electrons. The number of hydrogen-bond acceptors (Lipinski definition) is 4. The maximum atomic E-state index is 11.3. The Labute approximate surface area is 98.5 Å². The maximum absolute atomic E-state index is 11.3. The van der Waals surface area contributed by atoms with Crippen molar-refractivity contribution in [1.29, 1.82) is 5.26 Å². The van der Waals surface area contributed by atoms with Gasteiger partial charge in [-0.05, 0) is 12.1 Å². The van der Waals surface area contributed by atoms with Gasteiger partial charge in [0.25, 0.3) is 0 Å². The fraction of sp³-hybridized carbons (Fsp3) is 0.333. The SMILES string of the molecule is CN(CCC#N)c1ccc2c(c1)oc(=O)n2C. The molecular formula is C12H13N3O2. The quantitative estimate of drug-likeness (QED) is 0.802. The summed E-state index contributed by atoms with van der Waals surface area (Å²) in [5.41, 5.74) is 2.27. The summed E-state index contributed by atoms with van der Waals surface area (Å²) in [5, 5.41) is 8.53. The van der Waals surface area contributed by atoms with Gasteiger partial charge in [-0.2, -0.15) is 5.26 Å². The Morgan fingerprint density at radius 3 is 3.00 bits per heavy atom. The van der Waals surface area contributed by atoms with Crippen LogP contribution in [-0.2, 0) is 7.05 Å². The van der Waals surface area contributed by atoms with Crippen LogP contribution in [0.4, 0.5) is 5.69 Å². The van der Waals surface area contributed by atoms with Gasteiger partial charge in [-0.1, -0.05) is 0 Å². The smallest absolute Gasteiger partial charge is 0.408 e. The first kappa shape index (κ1) is 11.3. The molecule has 1 aromatic heterocycles. The molecule has 0 fully saturated rings. The molecule has 2 aromatic rings. The molecule has 0 N–H and O–H groups in total. The number of nitrogens with zero attached hydrogens (tertiary/aromatic N) is 3. The normalized spacial score (nSPS) is 10.4. The molecule has 2 rings (SSSR count). The molecule has 1 heterocycles. The van der Waals surface area contributed by atoms with Gasteiger partial charge in [0.15, 0.2) is 5.58 Å². The Hall–Kier alpha value is -2.22. The molecule has 0 aliphatic heterocycles. The van der Waals surface area contributed by atoms with E-state index >= 15 is 0 Å². The number of oxazole rings is 1. The van der Waals surface area contributed by atoms with Gasteiger partial charge < -0.3 is 9.32 Å². The third kappa shape index (κ3) is 2.02. The van der Waals surface area contributed by atoms with E-state index in [1.54, 1.807) is 7.05 Å². The molecule has 0 amide bonds. The lowest BCUT2D eigenvalue weighted by molar-refractivity contribution is 0.528. The van der Waals surface area contributed by atoms with Gasteiger partial charge in [-0.15, -0.1) is 0 Å². The maximum Gasteiger partial charge on any atom is 0.419 e. The van der Waals surface area contributed by atoms with Crippen molar-refractivity contribution in [1.82, 2.24) is 4.57 Å². The molecule has 0 bridgehead atoms. The van der Waals surface area contributed by atoms with Crippen LogP contribution in [0.3, 0.4) is 0 Å². The van der Waals surface area contributed by atoms with Crippen molar-refractivity contribution in [3.63, 3.8) is 0 Å². The summed E-state index contributed by atoms with van der Waals surface area (Å²) < 4.78 is 6.58. The molecule has 5 heteroatoms. The Balaban J connectivity index is 2.38. The van der Waals surface area contributed by atoms with Gasteiger partial charge in [0, 0.05) is 32.4 Å². The first-order valence-electron chi connectivity index (χ1n) is 5.31. The lowest BCUT2D eigenvalue weighted by Gasteiger charge is -2.17. The lowest BCUT2D eigenvalue weighted by atomic mass is 10.2. The van der Waals surface area contributed by atoms with Crippen LogP contribution in [0, 0.1) is 11.3 Å². The Morgan fingerprint density at radius 1 is 1.53 bits per heavy atom. The van der Waals surface area contributed by atoms with E-state index in [1.165, 1.54) is 4.57 Å². The summed E-state index contributed by atoms with van der Waals surface area (Å²) >= 11 is 0. The summed E-state index contributed by atoms with van der Waals surface area (Å²) in [7, 11) is 3.58. The van der Waals surface area contributed by atoms with Crippen LogP contribution < -0.4 is 10.7 Å². The molecular weight excluding hydrogens is 218 g/mol. The van der Waals surface area contributed by atoms with Crippen molar-refractivity contribution >= 4 is 16.8 Å². The van der Waals surface area contributed by atoms with E-state index in [0.29, 0.717) is 18.5 Å². The van der Waals surface area contributed by atoms with Crippen LogP contribution in [0.25, 0.3) is 11.1 Å². The van der Waals surface area contributed by atoms with Crippen molar-refractivity contribution < 1.29 is 4.42 Å². The molecule has 17 heavy (non-hydrogen) atoms. The number of hydrogen-bond donors (Lipinski definition) is 0. The van der Waals surface area contributed by atoms with Crippen LogP contribution in [0.1, 0.15) is 6.42 Å². The standard InChI is InChI=1S/C12H13N3O2/c1-14(7-3-6-13)9-4-5-10-11(8-9)17-12(16)15(10)2/h4-5,8H,3,7H2,1-2H3. The molecule has 88 valence electrons. The van der Waals surface area contributed by atoms with Crippen molar-refractivity contribution in [2.24, 2.45) is 7.05 Å². The summed E-state index contributed by atoms with van der Waals surface area (Å²) in [6.07, 6.45) is 0.466. The monoisotopic (exact) mass is 231 g/mol. The van der Waals surface area contributed by atoms with E-state index in [0.717, 1.165) is 11.2 Å². The summed E-state index contributed by atoms with van der Waals surface area (Å²) in [6, 6.07) is 7.67. The van der Waals surface area contributed by atoms with E-state index in [-0.39, 0.29) is 5.76 Å². The summed E-state index contributed by atoms with van der Waals surface area (Å²) in [5.74, 6) is -0.364. The number of aromatic nitrogens is 1. The largest absolute Gasteiger partial charge is 0.419 e. The zero-order valence-corrected chi connectivity index (χ0v) is 9.80. The topological polar surface area (TPSA) is 62.2 Å². The van der Waals surface area contributed by atoms with Gasteiger partial charge in [-0.25, -0.2) is 4.79 Å². The molecule has 1 aromatic carbocycles. The third-order valence-electron chi connectivity index (χ3n) is 2.78. The average Bonchev–Trinajstić information content (AvgIpc) is 2.61. The lowest BCUT2D eigenvalue weighted by Crippen LogP contribution is -2.17. The molecule has 0 saturated carbocycles. The molecule has 0 atom stereocenters. The van der Waals surface area contributed by atoms with Gasteiger partial charge in [0.05, 0.1) is 18.0 Å². The van der Waals surface area contributed by atoms with Crippen LogP contribution in [0.2, 0.25) is 0 Å². The van der Waals surface area contributed by atoms with E-state index < -0.39 is 0 Å². The van der Waals surface area contributed by atoms with E-state index in [9.17, 15) is 4.79 Å². The highest BCUT2D eigenvalue weighted by Gasteiger charge is 2.08. The second-order valence-corrected chi connectivity index (χ2v) is 3.91. The second-order valence-electron chi connectivity index (χ2n) is 3.91. The predicted octanol–water partition coefficient (Wildman–Crippen LogP) is 1.48. The van der Waals surface area contributed by atoms with E-state index in [2.05, 4.69) is 6.07 Å². The van der Waals surface area contributed by atoms with Gasteiger partial charge in [-0.3, -0.25) is 4.57 Å². The second kappa shape index (κ2) is 4.34. The van der Waals surface area contributed by atoms with Crippen molar-refractivity contribution in [2.45, 2.75) is 6.42 Å². The number of fused-ring (bicyclic) bond motifs is 1. The Morgan fingerprint density at radius 2 is 2.29 bits per heavy atom. The Bertz CT molecular complexity index is 633. The van der Waals surface area contributed by atoms with Gasteiger partial charge in [0.2, 0.25) is 0 Å². The van der Waals surface area contributed by atoms with Gasteiger partial charge in [0.1, 0.15) is 0 Å². The molecule has 0 saturated heterocycles. The highest BCUT2D eigenvalue weighted by Crippen LogP contribution is 2.20. The zero-order valence-electron chi connectivity index (χ0n) is 9.80. The van der Waals surface area contributed by atoms with Crippen LogP contribution in [-0.4, -0.2) is 18.2 Å². The summed E-state index contributed by atoms with van der Waals surface area (Å²) in [6.45, 7) is 0.652. The van der Waals surface area contributed by atoms with Crippen LogP contribution in [0.15, 0.2) is 27.4 Å². The van der Waals surface area contributed by atoms with Crippen molar-refractivity contribution in [2.75, 3.05) is 18.5 Å². The number of nitriles is 1. The van der Waals surface area contributed by atoms with Crippen molar-refractivity contribution in [3.8, 4) is 6.07 Å². The first-order chi connectivity index (χ1) is 8.13. The van der Waals surface area contributed by atoms with E-state index in [1.807, 2.05) is 30.1 Å². The average molecular weight is 231 g/mol. The number of benzene rings is 1. The fourth-order valence-corrected chi connectivity index (χ4v) is 1.71. The fourth-order valence-electron chi connectivity index (χ4n) is 1.71. The number of aryl methyl sites for hydroxylation is 1. The Kier molecular flexibility index (Phi) is 2.88. The zero-order chi connectivity index (χ0) is 12.4.